The molecule has 13 heavy (non-hydrogen) atoms. The lowest BCUT2D eigenvalue weighted by molar-refractivity contribution is -0.116. The Kier molecular flexibility index (Phi) is 4.06. The van der Waals surface area contributed by atoms with Crippen LogP contribution in [0.25, 0.3) is 0 Å². The van der Waals surface area contributed by atoms with Gasteiger partial charge in [-0.05, 0) is 13.0 Å². The molecule has 1 saturated heterocycles. The summed E-state index contributed by atoms with van der Waals surface area (Å²) >= 11 is 0. The molecule has 0 radical (unpaired) electrons. The summed E-state index contributed by atoms with van der Waals surface area (Å²) in [4.78, 5) is 13.1. The minimum atomic E-state index is -0.731. The van der Waals surface area contributed by atoms with E-state index in [0.29, 0.717) is 18.7 Å². The van der Waals surface area contributed by atoms with Gasteiger partial charge < -0.3 is 0 Å². The number of hydrogen-bond donors (Lipinski definition) is 0. The van der Waals surface area contributed by atoms with Crippen LogP contribution in [0.5, 0.6) is 0 Å². The molecule has 3 nitrogen and oxygen atoms in total. The molecule has 0 saturated carbocycles. The average molecular weight is 203 g/mol. The standard InChI is InChI=1S/C9H17NO2S/c1-8(13(2)12)3-5-10-6-4-9(11)7-10/h8H,3-7H2,1-2H3. The van der Waals surface area contributed by atoms with Gasteiger partial charge >= 0.3 is 0 Å². The molecule has 0 aliphatic carbocycles. The Morgan fingerprint density at radius 1 is 1.62 bits per heavy atom. The lowest BCUT2D eigenvalue weighted by atomic mass is 10.3. The molecule has 1 rings (SSSR count). The fourth-order valence-electron chi connectivity index (χ4n) is 1.41. The normalized spacial score (nSPS) is 23.4. The van der Waals surface area contributed by atoms with Gasteiger partial charge in [-0.1, -0.05) is 6.92 Å². The predicted octanol–water partition coefficient (Wildman–Crippen LogP) is 0.418. The minimum absolute atomic E-state index is 0.246. The molecule has 4 heteroatoms. The van der Waals surface area contributed by atoms with Gasteiger partial charge in [0.15, 0.2) is 0 Å². The van der Waals surface area contributed by atoms with E-state index in [1.54, 1.807) is 6.26 Å². The van der Waals surface area contributed by atoms with E-state index in [0.717, 1.165) is 19.5 Å². The largest absolute Gasteiger partial charge is 0.298 e. The topological polar surface area (TPSA) is 37.4 Å². The van der Waals surface area contributed by atoms with Gasteiger partial charge in [-0.15, -0.1) is 0 Å². The molecule has 76 valence electrons. The summed E-state index contributed by atoms with van der Waals surface area (Å²) in [5, 5.41) is 0.246. The number of carbonyl (C=O) groups excluding carboxylic acids is 1. The van der Waals surface area contributed by atoms with Gasteiger partial charge in [0.1, 0.15) is 5.78 Å². The maximum absolute atomic E-state index is 11.0. The van der Waals surface area contributed by atoms with E-state index in [2.05, 4.69) is 4.90 Å². The first kappa shape index (κ1) is 10.9. The Morgan fingerprint density at radius 3 is 2.77 bits per heavy atom. The summed E-state index contributed by atoms with van der Waals surface area (Å²) in [6, 6.07) is 0. The number of Topliss-reactive ketones (excluding diaryl/α,β-unsaturated/α-hetero) is 1. The van der Waals surface area contributed by atoms with Gasteiger partial charge in [0.25, 0.3) is 0 Å². The van der Waals surface area contributed by atoms with Crippen molar-refractivity contribution < 1.29 is 9.00 Å². The first-order chi connectivity index (χ1) is 6.09. The van der Waals surface area contributed by atoms with Crippen molar-refractivity contribution in [2.24, 2.45) is 0 Å². The molecule has 0 aromatic heterocycles. The van der Waals surface area contributed by atoms with Crippen LogP contribution in [0.4, 0.5) is 0 Å². The molecule has 2 unspecified atom stereocenters. The molecule has 1 heterocycles. The van der Waals surface area contributed by atoms with E-state index in [1.807, 2.05) is 6.92 Å². The summed E-state index contributed by atoms with van der Waals surface area (Å²) < 4.78 is 11.0. The molecule has 2 atom stereocenters. The Labute approximate surface area is 81.9 Å². The highest BCUT2D eigenvalue weighted by Gasteiger charge is 2.19. The molecule has 0 spiro atoms. The highest BCUT2D eigenvalue weighted by molar-refractivity contribution is 7.84. The maximum Gasteiger partial charge on any atom is 0.148 e. The van der Waals surface area contributed by atoms with Crippen LogP contribution >= 0.6 is 0 Å². The molecule has 1 fully saturated rings. The molecule has 0 bridgehead atoms. The van der Waals surface area contributed by atoms with Gasteiger partial charge in [-0.25, -0.2) is 0 Å². The van der Waals surface area contributed by atoms with Crippen molar-refractivity contribution in [2.75, 3.05) is 25.9 Å². The molecule has 1 aliphatic rings. The van der Waals surface area contributed by atoms with Gasteiger partial charge in [0.2, 0.25) is 0 Å². The van der Waals surface area contributed by atoms with Crippen LogP contribution in [-0.2, 0) is 15.6 Å². The van der Waals surface area contributed by atoms with Crippen molar-refractivity contribution in [1.29, 1.82) is 0 Å². The monoisotopic (exact) mass is 203 g/mol. The van der Waals surface area contributed by atoms with Gasteiger partial charge in [-0.2, -0.15) is 0 Å². The molecular weight excluding hydrogens is 186 g/mol. The fourth-order valence-corrected chi connectivity index (χ4v) is 1.85. The summed E-state index contributed by atoms with van der Waals surface area (Å²) in [7, 11) is -0.731. The Hall–Kier alpha value is -0.220. The number of likely N-dealkylation sites (tertiary alicyclic amines) is 1. The third-order valence-corrected chi connectivity index (χ3v) is 3.89. The van der Waals surface area contributed by atoms with E-state index in [1.165, 1.54) is 0 Å². The van der Waals surface area contributed by atoms with Crippen molar-refractivity contribution in [1.82, 2.24) is 4.90 Å². The molecule has 0 aromatic carbocycles. The Bertz CT molecular complexity index is 218. The lowest BCUT2D eigenvalue weighted by Crippen LogP contribution is -2.25. The zero-order valence-corrected chi connectivity index (χ0v) is 9.10. The van der Waals surface area contributed by atoms with Gasteiger partial charge in [-0.3, -0.25) is 13.9 Å². The van der Waals surface area contributed by atoms with Crippen LogP contribution in [0.1, 0.15) is 19.8 Å². The van der Waals surface area contributed by atoms with E-state index >= 15 is 0 Å². The Balaban J connectivity index is 2.19. The second-order valence-corrected chi connectivity index (χ2v) is 5.46. The van der Waals surface area contributed by atoms with Crippen LogP contribution in [0.15, 0.2) is 0 Å². The maximum atomic E-state index is 11.0. The molecule has 0 N–H and O–H groups in total. The second-order valence-electron chi connectivity index (χ2n) is 3.66. The van der Waals surface area contributed by atoms with Crippen molar-refractivity contribution in [3.05, 3.63) is 0 Å². The third kappa shape index (κ3) is 3.56. The predicted molar refractivity (Wildman–Crippen MR) is 54.2 cm³/mol. The first-order valence-corrected chi connectivity index (χ1v) is 6.28. The van der Waals surface area contributed by atoms with Crippen LogP contribution in [0, 0.1) is 0 Å². The van der Waals surface area contributed by atoms with E-state index in [9.17, 15) is 9.00 Å². The van der Waals surface area contributed by atoms with Crippen molar-refractivity contribution in [3.8, 4) is 0 Å². The highest BCUT2D eigenvalue weighted by atomic mass is 32.2. The Morgan fingerprint density at radius 2 is 2.31 bits per heavy atom. The zero-order chi connectivity index (χ0) is 9.84. The van der Waals surface area contributed by atoms with E-state index < -0.39 is 10.8 Å². The summed E-state index contributed by atoms with van der Waals surface area (Å²) in [5.41, 5.74) is 0. The van der Waals surface area contributed by atoms with Crippen molar-refractivity contribution in [3.63, 3.8) is 0 Å². The second kappa shape index (κ2) is 4.86. The summed E-state index contributed by atoms with van der Waals surface area (Å²) in [6.45, 7) is 4.39. The number of rotatable bonds is 4. The number of nitrogens with zero attached hydrogens (tertiary/aromatic N) is 1. The zero-order valence-electron chi connectivity index (χ0n) is 8.28. The van der Waals surface area contributed by atoms with Crippen molar-refractivity contribution >= 4 is 16.6 Å². The third-order valence-electron chi connectivity index (χ3n) is 2.53. The fraction of sp³-hybridized carbons (Fsp3) is 0.889. The number of hydrogen-bond acceptors (Lipinski definition) is 3. The highest BCUT2D eigenvalue weighted by Crippen LogP contribution is 2.07. The van der Waals surface area contributed by atoms with E-state index in [4.69, 9.17) is 0 Å². The smallest absolute Gasteiger partial charge is 0.148 e. The number of ketones is 1. The van der Waals surface area contributed by atoms with Crippen LogP contribution < -0.4 is 0 Å². The van der Waals surface area contributed by atoms with Crippen LogP contribution in [0.3, 0.4) is 0 Å². The van der Waals surface area contributed by atoms with Crippen LogP contribution in [-0.4, -0.2) is 46.0 Å². The minimum Gasteiger partial charge on any atom is -0.298 e. The summed E-state index contributed by atoms with van der Waals surface area (Å²) in [6.07, 6.45) is 3.36. The van der Waals surface area contributed by atoms with Gasteiger partial charge in [0.05, 0.1) is 6.54 Å². The molecule has 0 amide bonds. The quantitative estimate of drug-likeness (QED) is 0.664. The van der Waals surface area contributed by atoms with Crippen molar-refractivity contribution in [2.45, 2.75) is 25.0 Å². The first-order valence-electron chi connectivity index (χ1n) is 4.66. The summed E-state index contributed by atoms with van der Waals surface area (Å²) in [5.74, 6) is 0.338. The molecule has 0 aromatic rings. The average Bonchev–Trinajstić information content (AvgIpc) is 2.47. The van der Waals surface area contributed by atoms with E-state index in [-0.39, 0.29) is 5.25 Å². The number of carbonyl (C=O) groups is 1. The lowest BCUT2D eigenvalue weighted by Gasteiger charge is -2.15. The van der Waals surface area contributed by atoms with Gasteiger partial charge in [0, 0.05) is 35.3 Å². The van der Waals surface area contributed by atoms with Crippen LogP contribution in [0.2, 0.25) is 0 Å². The SMILES string of the molecule is CC(CCN1CCC(=O)C1)S(C)=O. The molecule has 1 aliphatic heterocycles. The molecular formula is C9H17NO2S.